The lowest BCUT2D eigenvalue weighted by molar-refractivity contribution is -0.134. The molecule has 2 bridgehead atoms. The Morgan fingerprint density at radius 1 is 0.900 bits per heavy atom. The minimum absolute atomic E-state index is 0.540. The number of ether oxygens (including phenoxy) is 1. The minimum Gasteiger partial charge on any atom is -0.478 e. The summed E-state index contributed by atoms with van der Waals surface area (Å²) in [6.07, 6.45) is 3.57. The van der Waals surface area contributed by atoms with Gasteiger partial charge in [-0.1, -0.05) is 18.2 Å². The number of anilines is 1. The summed E-state index contributed by atoms with van der Waals surface area (Å²) >= 11 is 0. The summed E-state index contributed by atoms with van der Waals surface area (Å²) < 4.78 is 5.71. The van der Waals surface area contributed by atoms with Crippen LogP contribution < -0.4 is 9.64 Å². The van der Waals surface area contributed by atoms with Gasteiger partial charge in [-0.15, -0.1) is 10.2 Å². The Kier molecular flexibility index (Phi) is 7.34. The lowest BCUT2D eigenvalue weighted by Crippen LogP contribution is -2.38. The SMILES string of the molecule is O=C(O)/C=C/C(=O)O.c1ccc(Oc2ccc(N3CCN4CCC3CC4)nn2)cc1. The second-order valence-corrected chi connectivity index (χ2v) is 6.92. The number of carbonyl (C=O) groups is 2. The van der Waals surface area contributed by atoms with Crippen LogP contribution in [0.15, 0.2) is 54.6 Å². The minimum atomic E-state index is -1.26. The van der Waals surface area contributed by atoms with Gasteiger partial charge in [-0.2, -0.15) is 0 Å². The van der Waals surface area contributed by atoms with Crippen molar-refractivity contribution in [1.29, 1.82) is 0 Å². The molecule has 3 saturated heterocycles. The van der Waals surface area contributed by atoms with Crippen molar-refractivity contribution in [3.8, 4) is 11.6 Å². The van der Waals surface area contributed by atoms with Gasteiger partial charge in [0.2, 0.25) is 5.88 Å². The van der Waals surface area contributed by atoms with E-state index in [-0.39, 0.29) is 0 Å². The molecule has 30 heavy (non-hydrogen) atoms. The fourth-order valence-electron chi connectivity index (χ4n) is 3.46. The monoisotopic (exact) mass is 412 g/mol. The van der Waals surface area contributed by atoms with E-state index in [2.05, 4.69) is 20.0 Å². The Balaban J connectivity index is 0.000000275. The molecule has 0 saturated carbocycles. The molecule has 9 nitrogen and oxygen atoms in total. The highest BCUT2D eigenvalue weighted by Gasteiger charge is 2.29. The van der Waals surface area contributed by atoms with Crippen LogP contribution in [0.2, 0.25) is 0 Å². The third kappa shape index (κ3) is 6.28. The number of fused-ring (bicyclic) bond motifs is 4. The zero-order valence-electron chi connectivity index (χ0n) is 16.4. The van der Waals surface area contributed by atoms with E-state index in [0.717, 1.165) is 24.7 Å². The highest BCUT2D eigenvalue weighted by molar-refractivity contribution is 5.89. The van der Waals surface area contributed by atoms with Crippen LogP contribution in [0.3, 0.4) is 0 Å². The van der Waals surface area contributed by atoms with E-state index in [0.29, 0.717) is 24.1 Å². The Labute approximate surface area is 174 Å². The average Bonchev–Trinajstić information content (AvgIpc) is 3.08. The Bertz CT molecular complexity index is 849. The molecular formula is C21H24N4O5. The summed E-state index contributed by atoms with van der Waals surface area (Å²) in [6, 6.07) is 14.2. The van der Waals surface area contributed by atoms with Crippen molar-refractivity contribution in [1.82, 2.24) is 15.1 Å². The van der Waals surface area contributed by atoms with E-state index < -0.39 is 11.9 Å². The number of aliphatic carboxylic acids is 2. The Hall–Kier alpha value is -3.46. The number of benzene rings is 1. The fourth-order valence-corrected chi connectivity index (χ4v) is 3.46. The van der Waals surface area contributed by atoms with Crippen molar-refractivity contribution in [3.05, 3.63) is 54.6 Å². The van der Waals surface area contributed by atoms with E-state index in [1.54, 1.807) is 0 Å². The number of hydrogen-bond donors (Lipinski definition) is 2. The Morgan fingerprint density at radius 3 is 2.13 bits per heavy atom. The highest BCUT2D eigenvalue weighted by atomic mass is 16.5. The van der Waals surface area contributed by atoms with Crippen molar-refractivity contribution >= 4 is 17.8 Å². The molecule has 5 rings (SSSR count). The smallest absolute Gasteiger partial charge is 0.328 e. The number of carboxylic acids is 2. The van der Waals surface area contributed by atoms with Crippen LogP contribution in [0, 0.1) is 0 Å². The summed E-state index contributed by atoms with van der Waals surface area (Å²) in [5, 5.41) is 24.2. The van der Waals surface area contributed by atoms with Crippen molar-refractivity contribution in [3.63, 3.8) is 0 Å². The summed E-state index contributed by atoms with van der Waals surface area (Å²) in [5.41, 5.74) is 0. The fraction of sp³-hybridized carbons (Fsp3) is 0.333. The second kappa shape index (κ2) is 10.4. The van der Waals surface area contributed by atoms with Crippen LogP contribution in [-0.4, -0.2) is 69.5 Å². The number of nitrogens with zero attached hydrogens (tertiary/aromatic N) is 4. The van der Waals surface area contributed by atoms with Crippen molar-refractivity contribution in [2.75, 3.05) is 31.1 Å². The van der Waals surface area contributed by atoms with Crippen molar-refractivity contribution in [2.45, 2.75) is 18.9 Å². The van der Waals surface area contributed by atoms with E-state index in [4.69, 9.17) is 14.9 Å². The van der Waals surface area contributed by atoms with Gasteiger partial charge in [-0.05, 0) is 31.0 Å². The first-order valence-corrected chi connectivity index (χ1v) is 9.71. The molecule has 0 unspecified atom stereocenters. The van der Waals surface area contributed by atoms with Gasteiger partial charge >= 0.3 is 11.9 Å². The van der Waals surface area contributed by atoms with Crippen LogP contribution >= 0.6 is 0 Å². The molecule has 3 aliphatic rings. The molecule has 158 valence electrons. The second-order valence-electron chi connectivity index (χ2n) is 6.92. The normalized spacial score (nSPS) is 20.2. The number of para-hydroxylation sites is 1. The lowest BCUT2D eigenvalue weighted by Gasteiger charge is -2.31. The van der Waals surface area contributed by atoms with Gasteiger partial charge in [0.1, 0.15) is 5.75 Å². The summed E-state index contributed by atoms with van der Waals surface area (Å²) in [6.45, 7) is 4.59. The number of hydrogen-bond acceptors (Lipinski definition) is 7. The molecule has 2 N–H and O–H groups in total. The third-order valence-corrected chi connectivity index (χ3v) is 4.91. The first-order chi connectivity index (χ1) is 14.5. The van der Waals surface area contributed by atoms with Gasteiger partial charge < -0.3 is 24.7 Å². The van der Waals surface area contributed by atoms with Crippen molar-refractivity contribution in [2.24, 2.45) is 0 Å². The number of piperidine rings is 1. The maximum Gasteiger partial charge on any atom is 0.328 e. The third-order valence-electron chi connectivity index (χ3n) is 4.91. The predicted molar refractivity (Wildman–Crippen MR) is 110 cm³/mol. The van der Waals surface area contributed by atoms with Crippen LogP contribution in [-0.2, 0) is 9.59 Å². The van der Waals surface area contributed by atoms with E-state index in [9.17, 15) is 9.59 Å². The zero-order valence-corrected chi connectivity index (χ0v) is 16.4. The maximum atomic E-state index is 9.55. The molecular weight excluding hydrogens is 388 g/mol. The van der Waals surface area contributed by atoms with Gasteiger partial charge in [0.05, 0.1) is 0 Å². The van der Waals surface area contributed by atoms with Gasteiger partial charge in [0.25, 0.3) is 0 Å². The lowest BCUT2D eigenvalue weighted by atomic mass is 10.1. The summed E-state index contributed by atoms with van der Waals surface area (Å²) in [5.74, 6) is -0.225. The average molecular weight is 412 g/mol. The molecule has 0 aliphatic carbocycles. The summed E-state index contributed by atoms with van der Waals surface area (Å²) in [7, 11) is 0. The summed E-state index contributed by atoms with van der Waals surface area (Å²) in [4.78, 5) is 24.1. The molecule has 0 amide bonds. The molecule has 0 atom stereocenters. The number of aromatic nitrogens is 2. The number of rotatable bonds is 5. The van der Waals surface area contributed by atoms with E-state index in [1.165, 1.54) is 25.9 Å². The molecule has 0 radical (unpaired) electrons. The Morgan fingerprint density at radius 2 is 1.57 bits per heavy atom. The quantitative estimate of drug-likeness (QED) is 0.713. The molecule has 2 aromatic rings. The van der Waals surface area contributed by atoms with Gasteiger partial charge in [0, 0.05) is 50.4 Å². The van der Waals surface area contributed by atoms with Crippen molar-refractivity contribution < 1.29 is 24.5 Å². The molecule has 3 aliphatic heterocycles. The maximum absolute atomic E-state index is 9.55. The highest BCUT2D eigenvalue weighted by Crippen LogP contribution is 2.26. The van der Waals surface area contributed by atoms with E-state index >= 15 is 0 Å². The van der Waals surface area contributed by atoms with Gasteiger partial charge in [0.15, 0.2) is 5.82 Å². The van der Waals surface area contributed by atoms with E-state index in [1.807, 2.05) is 42.5 Å². The van der Waals surface area contributed by atoms with Crippen LogP contribution in [0.1, 0.15) is 12.8 Å². The molecule has 0 spiro atoms. The van der Waals surface area contributed by atoms with Gasteiger partial charge in [-0.25, -0.2) is 9.59 Å². The molecule has 1 aromatic heterocycles. The zero-order chi connectivity index (χ0) is 21.3. The van der Waals surface area contributed by atoms with Gasteiger partial charge in [-0.3, -0.25) is 0 Å². The molecule has 1 aromatic carbocycles. The molecule has 3 fully saturated rings. The predicted octanol–water partition coefficient (Wildman–Crippen LogP) is 2.27. The molecule has 4 heterocycles. The number of carboxylic acid groups (broad SMARTS) is 2. The van der Waals surface area contributed by atoms with Crippen LogP contribution in [0.25, 0.3) is 0 Å². The first-order valence-electron chi connectivity index (χ1n) is 9.71. The largest absolute Gasteiger partial charge is 0.478 e. The van der Waals surface area contributed by atoms with Crippen LogP contribution in [0.5, 0.6) is 11.6 Å². The first kappa shape index (κ1) is 21.3. The standard InChI is InChI=1S/C17H20N4O.C4H4O4/c1-2-4-15(5-3-1)22-17-7-6-16(18-19-17)21-13-12-20-10-8-14(21)9-11-20;5-3(6)1-2-4(7)8/h1-7,14H,8-13H2;1-2H,(H,5,6)(H,7,8)/b;2-1+. The molecule has 9 heteroatoms. The van der Waals surface area contributed by atoms with Crippen LogP contribution in [0.4, 0.5) is 5.82 Å². The topological polar surface area (TPSA) is 116 Å².